The largest absolute Gasteiger partial charge is 0.460 e. The van der Waals surface area contributed by atoms with Crippen LogP contribution in [0.5, 0.6) is 0 Å². The van der Waals surface area contributed by atoms with Crippen molar-refractivity contribution in [3.8, 4) is 11.3 Å². The molecule has 0 radical (unpaired) electrons. The number of nitrogens with one attached hydrogen (secondary N) is 1. The van der Waals surface area contributed by atoms with E-state index in [9.17, 15) is 0 Å². The molecule has 1 aromatic carbocycles. The van der Waals surface area contributed by atoms with Crippen molar-refractivity contribution < 1.29 is 4.42 Å². The van der Waals surface area contributed by atoms with Crippen LogP contribution in [-0.2, 0) is 13.1 Å². The molecule has 0 bridgehead atoms. The first-order valence-corrected chi connectivity index (χ1v) is 9.41. The van der Waals surface area contributed by atoms with Gasteiger partial charge in [0, 0.05) is 31.4 Å². The summed E-state index contributed by atoms with van der Waals surface area (Å²) in [6.07, 6.45) is 4.49. The third-order valence-electron chi connectivity index (χ3n) is 4.67. The van der Waals surface area contributed by atoms with E-state index in [2.05, 4.69) is 27.3 Å². The maximum atomic E-state index is 6.23. The summed E-state index contributed by atoms with van der Waals surface area (Å²) >= 11 is 6.23. The first-order valence-electron chi connectivity index (χ1n) is 9.04. The van der Waals surface area contributed by atoms with Crippen molar-refractivity contribution in [3.63, 3.8) is 0 Å². The highest BCUT2D eigenvalue weighted by Gasteiger charge is 2.13. The van der Waals surface area contributed by atoms with Crippen molar-refractivity contribution in [1.82, 2.24) is 10.3 Å². The molecule has 2 aromatic heterocycles. The molecule has 0 aliphatic carbocycles. The third-order valence-corrected chi connectivity index (χ3v) is 5.00. The molecule has 1 aliphatic heterocycles. The van der Waals surface area contributed by atoms with Gasteiger partial charge in [-0.25, -0.2) is 4.98 Å². The second-order valence-corrected chi connectivity index (χ2v) is 6.98. The lowest BCUT2D eigenvalue weighted by Gasteiger charge is -2.16. The summed E-state index contributed by atoms with van der Waals surface area (Å²) in [6, 6.07) is 15.9. The molecule has 0 saturated carbocycles. The molecule has 5 heteroatoms. The Morgan fingerprint density at radius 1 is 1.00 bits per heavy atom. The van der Waals surface area contributed by atoms with Crippen LogP contribution in [0.2, 0.25) is 5.02 Å². The Hall–Kier alpha value is -2.30. The molecule has 1 N–H and O–H groups in total. The number of halogens is 1. The summed E-state index contributed by atoms with van der Waals surface area (Å²) in [4.78, 5) is 6.93. The monoisotopic (exact) mass is 367 g/mol. The van der Waals surface area contributed by atoms with Crippen molar-refractivity contribution in [1.29, 1.82) is 0 Å². The van der Waals surface area contributed by atoms with Gasteiger partial charge >= 0.3 is 0 Å². The number of nitrogens with zero attached hydrogens (tertiary/aromatic N) is 2. The fourth-order valence-corrected chi connectivity index (χ4v) is 3.49. The van der Waals surface area contributed by atoms with E-state index in [-0.39, 0.29) is 0 Å². The molecule has 1 aliphatic rings. The fourth-order valence-electron chi connectivity index (χ4n) is 3.26. The quantitative estimate of drug-likeness (QED) is 0.673. The Kier molecular flexibility index (Phi) is 5.23. The minimum Gasteiger partial charge on any atom is -0.460 e. The number of furan rings is 1. The van der Waals surface area contributed by atoms with Crippen molar-refractivity contribution in [2.75, 3.05) is 18.0 Å². The smallest absolute Gasteiger partial charge is 0.135 e. The molecule has 4 rings (SSSR count). The maximum Gasteiger partial charge on any atom is 0.135 e. The van der Waals surface area contributed by atoms with Gasteiger partial charge in [0.15, 0.2) is 0 Å². The third kappa shape index (κ3) is 3.92. The van der Waals surface area contributed by atoms with Crippen LogP contribution in [0.25, 0.3) is 11.3 Å². The Bertz CT molecular complexity index is 854. The van der Waals surface area contributed by atoms with Gasteiger partial charge < -0.3 is 14.6 Å². The molecule has 134 valence electrons. The zero-order valence-corrected chi connectivity index (χ0v) is 15.4. The summed E-state index contributed by atoms with van der Waals surface area (Å²) in [7, 11) is 0. The summed E-state index contributed by atoms with van der Waals surface area (Å²) in [6.45, 7) is 3.67. The maximum absolute atomic E-state index is 6.23. The highest BCUT2D eigenvalue weighted by Crippen LogP contribution is 2.29. The van der Waals surface area contributed by atoms with Crippen LogP contribution in [-0.4, -0.2) is 18.1 Å². The van der Waals surface area contributed by atoms with Gasteiger partial charge in [-0.15, -0.1) is 0 Å². The first kappa shape index (κ1) is 17.1. The Morgan fingerprint density at radius 2 is 1.85 bits per heavy atom. The van der Waals surface area contributed by atoms with Crippen molar-refractivity contribution in [2.24, 2.45) is 0 Å². The predicted octanol–water partition coefficient (Wildman–Crippen LogP) is 4.89. The van der Waals surface area contributed by atoms with Gasteiger partial charge in [0.25, 0.3) is 0 Å². The number of anilines is 1. The zero-order chi connectivity index (χ0) is 17.8. The standard InChI is InChI=1S/C21H22ClN3O/c22-19-6-2-1-5-18(19)20-9-8-17(26-20)15-23-13-16-7-10-21(24-14-16)25-11-3-4-12-25/h1-2,5-10,14,23H,3-4,11-13,15H2. The van der Waals surface area contributed by atoms with Crippen LogP contribution in [0.4, 0.5) is 5.82 Å². The van der Waals surface area contributed by atoms with Gasteiger partial charge in [-0.2, -0.15) is 0 Å². The Labute approximate surface area is 158 Å². The van der Waals surface area contributed by atoms with Crippen LogP contribution in [0.3, 0.4) is 0 Å². The van der Waals surface area contributed by atoms with Crippen LogP contribution in [0, 0.1) is 0 Å². The molecule has 1 saturated heterocycles. The first-order chi connectivity index (χ1) is 12.8. The molecule has 1 fully saturated rings. The van der Waals surface area contributed by atoms with Gasteiger partial charge in [-0.3, -0.25) is 0 Å². The van der Waals surface area contributed by atoms with E-state index >= 15 is 0 Å². The molecule has 0 atom stereocenters. The lowest BCUT2D eigenvalue weighted by Crippen LogP contribution is -2.19. The molecule has 3 heterocycles. The van der Waals surface area contributed by atoms with Crippen molar-refractivity contribution in [2.45, 2.75) is 25.9 Å². The molecule has 0 unspecified atom stereocenters. The van der Waals surface area contributed by atoms with E-state index in [4.69, 9.17) is 16.0 Å². The Balaban J connectivity index is 1.31. The van der Waals surface area contributed by atoms with Crippen molar-refractivity contribution in [3.05, 3.63) is 71.1 Å². The average Bonchev–Trinajstić information content (AvgIpc) is 3.35. The molecule has 4 nitrogen and oxygen atoms in total. The number of pyridine rings is 1. The fraction of sp³-hybridized carbons (Fsp3) is 0.286. The van der Waals surface area contributed by atoms with Crippen LogP contribution in [0.15, 0.2) is 59.1 Å². The summed E-state index contributed by atoms with van der Waals surface area (Å²) in [5, 5.41) is 4.11. The number of hydrogen-bond acceptors (Lipinski definition) is 4. The lowest BCUT2D eigenvalue weighted by atomic mass is 10.2. The summed E-state index contributed by atoms with van der Waals surface area (Å²) < 4.78 is 5.91. The zero-order valence-electron chi connectivity index (χ0n) is 14.6. The Morgan fingerprint density at radius 3 is 2.62 bits per heavy atom. The number of hydrogen-bond donors (Lipinski definition) is 1. The highest BCUT2D eigenvalue weighted by molar-refractivity contribution is 6.33. The van der Waals surface area contributed by atoms with Gasteiger partial charge in [0.05, 0.1) is 11.6 Å². The number of benzene rings is 1. The molecule has 26 heavy (non-hydrogen) atoms. The highest BCUT2D eigenvalue weighted by atomic mass is 35.5. The molecule has 0 amide bonds. The summed E-state index contributed by atoms with van der Waals surface area (Å²) in [5.74, 6) is 2.77. The topological polar surface area (TPSA) is 41.3 Å². The average molecular weight is 368 g/mol. The van der Waals surface area contributed by atoms with E-state index in [1.54, 1.807) is 0 Å². The number of rotatable bonds is 6. The van der Waals surface area contributed by atoms with Gasteiger partial charge in [-0.05, 0) is 48.7 Å². The minimum atomic E-state index is 0.665. The predicted molar refractivity (Wildman–Crippen MR) is 105 cm³/mol. The van der Waals surface area contributed by atoms with Gasteiger partial charge in [0.1, 0.15) is 17.3 Å². The second kappa shape index (κ2) is 7.94. The normalized spacial score (nSPS) is 14.1. The number of aromatic nitrogens is 1. The van der Waals surface area contributed by atoms with E-state index in [1.807, 2.05) is 42.6 Å². The molecule has 3 aromatic rings. The van der Waals surface area contributed by atoms with E-state index < -0.39 is 0 Å². The summed E-state index contributed by atoms with van der Waals surface area (Å²) in [5.41, 5.74) is 2.09. The second-order valence-electron chi connectivity index (χ2n) is 6.57. The van der Waals surface area contributed by atoms with Gasteiger partial charge in [-0.1, -0.05) is 29.8 Å². The SMILES string of the molecule is Clc1ccccc1-c1ccc(CNCc2ccc(N3CCCC3)nc2)o1. The minimum absolute atomic E-state index is 0.665. The molecular formula is C21H22ClN3O. The molecule has 0 spiro atoms. The van der Waals surface area contributed by atoms with Crippen LogP contribution < -0.4 is 10.2 Å². The van der Waals surface area contributed by atoms with Crippen molar-refractivity contribution >= 4 is 17.4 Å². The van der Waals surface area contributed by atoms with E-state index in [0.717, 1.165) is 42.5 Å². The van der Waals surface area contributed by atoms with Crippen LogP contribution >= 0.6 is 11.6 Å². The van der Waals surface area contributed by atoms with E-state index in [0.29, 0.717) is 11.6 Å². The molecular weight excluding hydrogens is 346 g/mol. The lowest BCUT2D eigenvalue weighted by molar-refractivity contribution is 0.493. The van der Waals surface area contributed by atoms with E-state index in [1.165, 1.54) is 18.4 Å². The van der Waals surface area contributed by atoms with Crippen LogP contribution in [0.1, 0.15) is 24.2 Å². The van der Waals surface area contributed by atoms with Gasteiger partial charge in [0.2, 0.25) is 0 Å².